The Hall–Kier alpha value is -0.740. The van der Waals surface area contributed by atoms with Crippen molar-refractivity contribution in [3.05, 3.63) is 50.8 Å². The molecule has 0 spiro atoms. The van der Waals surface area contributed by atoms with Gasteiger partial charge in [-0.05, 0) is 75.5 Å². The lowest BCUT2D eigenvalue weighted by molar-refractivity contribution is 0.471. The van der Waals surface area contributed by atoms with Crippen LogP contribution in [-0.4, -0.2) is 0 Å². The maximum atomic E-state index is 5.53. The van der Waals surface area contributed by atoms with Crippen LogP contribution >= 0.6 is 31.9 Å². The van der Waals surface area contributed by atoms with Crippen molar-refractivity contribution in [2.24, 2.45) is 0 Å². The average Bonchev–Trinajstić information content (AvgIpc) is 2.70. The first-order chi connectivity index (χ1) is 8.06. The van der Waals surface area contributed by atoms with Gasteiger partial charge in [-0.1, -0.05) is 6.07 Å². The van der Waals surface area contributed by atoms with Crippen LogP contribution in [0.25, 0.3) is 0 Å². The third-order valence-corrected chi connectivity index (χ3v) is 3.63. The number of halogens is 2. The monoisotopic (exact) mass is 357 g/mol. The Kier molecular flexibility index (Phi) is 3.94. The van der Waals surface area contributed by atoms with Crippen molar-refractivity contribution in [1.82, 2.24) is 0 Å². The zero-order valence-corrected chi connectivity index (χ0v) is 12.8. The number of hydrogen-bond acceptors (Lipinski definition) is 2. The predicted octanol–water partition coefficient (Wildman–Crippen LogP) is 5.29. The summed E-state index contributed by atoms with van der Waals surface area (Å²) in [6, 6.07) is 10.2. The van der Waals surface area contributed by atoms with Crippen LogP contribution in [-0.2, 0) is 0 Å². The third-order valence-electron chi connectivity index (χ3n) is 2.51. The lowest BCUT2D eigenvalue weighted by Crippen LogP contribution is -2.06. The van der Waals surface area contributed by atoms with Crippen molar-refractivity contribution in [3.63, 3.8) is 0 Å². The first-order valence-electron chi connectivity index (χ1n) is 5.34. The van der Waals surface area contributed by atoms with Gasteiger partial charge >= 0.3 is 0 Å². The number of rotatable bonds is 3. The van der Waals surface area contributed by atoms with Crippen LogP contribution in [0.2, 0.25) is 0 Å². The quantitative estimate of drug-likeness (QED) is 0.806. The molecule has 1 N–H and O–H groups in total. The van der Waals surface area contributed by atoms with Gasteiger partial charge in [-0.15, -0.1) is 0 Å². The largest absolute Gasteiger partial charge is 0.452 e. The molecule has 1 aromatic heterocycles. The lowest BCUT2D eigenvalue weighted by atomic mass is 10.2. The van der Waals surface area contributed by atoms with Crippen LogP contribution in [0.3, 0.4) is 0 Å². The Balaban J connectivity index is 2.18. The van der Waals surface area contributed by atoms with Crippen molar-refractivity contribution in [3.8, 4) is 0 Å². The Morgan fingerprint density at radius 2 is 1.94 bits per heavy atom. The summed E-state index contributed by atoms with van der Waals surface area (Å²) >= 11 is 6.84. The molecule has 2 rings (SSSR count). The summed E-state index contributed by atoms with van der Waals surface area (Å²) in [4.78, 5) is 0. The van der Waals surface area contributed by atoms with E-state index in [9.17, 15) is 0 Å². The normalized spacial score (nSPS) is 12.5. The van der Waals surface area contributed by atoms with Crippen LogP contribution in [0.1, 0.15) is 24.3 Å². The fourth-order valence-electron chi connectivity index (χ4n) is 1.62. The minimum Gasteiger partial charge on any atom is -0.452 e. The summed E-state index contributed by atoms with van der Waals surface area (Å²) in [6.45, 7) is 4.14. The zero-order chi connectivity index (χ0) is 12.4. The molecule has 17 heavy (non-hydrogen) atoms. The minimum absolute atomic E-state index is 0.124. The molecule has 0 saturated carbocycles. The SMILES string of the molecule is Cc1ccc(Br)c(NC(C)c2ccc(Br)o2)c1. The van der Waals surface area contributed by atoms with Crippen molar-refractivity contribution in [1.29, 1.82) is 0 Å². The maximum Gasteiger partial charge on any atom is 0.169 e. The van der Waals surface area contributed by atoms with E-state index < -0.39 is 0 Å². The molecule has 0 fully saturated rings. The molecule has 1 atom stereocenters. The summed E-state index contributed by atoms with van der Waals surface area (Å²) in [5.74, 6) is 0.908. The third kappa shape index (κ3) is 3.13. The van der Waals surface area contributed by atoms with Crippen LogP contribution in [0.5, 0.6) is 0 Å². The molecule has 0 radical (unpaired) electrons. The highest BCUT2D eigenvalue weighted by Gasteiger charge is 2.11. The zero-order valence-electron chi connectivity index (χ0n) is 9.63. The molecule has 1 heterocycles. The number of anilines is 1. The second kappa shape index (κ2) is 5.27. The molecule has 1 aromatic carbocycles. The number of furan rings is 1. The smallest absolute Gasteiger partial charge is 0.169 e. The molecule has 2 aromatic rings. The molecule has 0 aliphatic heterocycles. The molecule has 2 nitrogen and oxygen atoms in total. The van der Waals surface area contributed by atoms with Crippen LogP contribution in [0.15, 0.2) is 43.9 Å². The van der Waals surface area contributed by atoms with E-state index in [0.717, 1.165) is 20.6 Å². The van der Waals surface area contributed by atoms with Crippen molar-refractivity contribution >= 4 is 37.5 Å². The maximum absolute atomic E-state index is 5.53. The molecule has 4 heteroatoms. The second-order valence-corrected chi connectivity index (χ2v) is 5.63. The fourth-order valence-corrected chi connectivity index (χ4v) is 2.30. The number of hydrogen-bond donors (Lipinski definition) is 1. The van der Waals surface area contributed by atoms with E-state index in [2.05, 4.69) is 63.2 Å². The van der Waals surface area contributed by atoms with E-state index >= 15 is 0 Å². The van der Waals surface area contributed by atoms with Gasteiger partial charge in [0.15, 0.2) is 4.67 Å². The van der Waals surface area contributed by atoms with Gasteiger partial charge in [0.25, 0.3) is 0 Å². The molecule has 0 bridgehead atoms. The van der Waals surface area contributed by atoms with Gasteiger partial charge in [-0.3, -0.25) is 0 Å². The van der Waals surface area contributed by atoms with E-state index in [4.69, 9.17) is 4.42 Å². The fraction of sp³-hybridized carbons (Fsp3) is 0.231. The van der Waals surface area contributed by atoms with Gasteiger partial charge in [0, 0.05) is 10.2 Å². The van der Waals surface area contributed by atoms with Crippen LogP contribution in [0, 0.1) is 6.92 Å². The van der Waals surface area contributed by atoms with Crippen molar-refractivity contribution in [2.75, 3.05) is 5.32 Å². The molecular weight excluding hydrogens is 346 g/mol. The Morgan fingerprint density at radius 1 is 1.18 bits per heavy atom. The summed E-state index contributed by atoms with van der Waals surface area (Å²) < 4.78 is 7.34. The van der Waals surface area contributed by atoms with Crippen LogP contribution in [0.4, 0.5) is 5.69 Å². The molecular formula is C13H13Br2NO. The molecule has 0 aliphatic rings. The highest BCUT2D eigenvalue weighted by Crippen LogP contribution is 2.28. The van der Waals surface area contributed by atoms with E-state index in [0.29, 0.717) is 0 Å². The number of benzene rings is 1. The van der Waals surface area contributed by atoms with Crippen LogP contribution < -0.4 is 5.32 Å². The predicted molar refractivity (Wildman–Crippen MR) is 77.3 cm³/mol. The second-order valence-electron chi connectivity index (χ2n) is 3.99. The first kappa shape index (κ1) is 12.7. The molecule has 0 saturated heterocycles. The van der Waals surface area contributed by atoms with Gasteiger partial charge in [0.2, 0.25) is 0 Å². The number of nitrogens with one attached hydrogen (secondary N) is 1. The first-order valence-corrected chi connectivity index (χ1v) is 6.93. The summed E-state index contributed by atoms with van der Waals surface area (Å²) in [5.41, 5.74) is 2.30. The lowest BCUT2D eigenvalue weighted by Gasteiger charge is -2.14. The summed E-state index contributed by atoms with van der Waals surface area (Å²) in [7, 11) is 0. The Labute approximate surface area is 118 Å². The van der Waals surface area contributed by atoms with E-state index in [1.807, 2.05) is 18.2 Å². The average molecular weight is 359 g/mol. The van der Waals surface area contributed by atoms with E-state index in [1.165, 1.54) is 5.56 Å². The molecule has 1 unspecified atom stereocenters. The van der Waals surface area contributed by atoms with Gasteiger partial charge < -0.3 is 9.73 Å². The highest BCUT2D eigenvalue weighted by atomic mass is 79.9. The van der Waals surface area contributed by atoms with E-state index in [1.54, 1.807) is 0 Å². The molecule has 90 valence electrons. The van der Waals surface area contributed by atoms with E-state index in [-0.39, 0.29) is 6.04 Å². The summed E-state index contributed by atoms with van der Waals surface area (Å²) in [5, 5.41) is 3.42. The van der Waals surface area contributed by atoms with Gasteiger partial charge in [-0.2, -0.15) is 0 Å². The molecule has 0 amide bonds. The standard InChI is InChI=1S/C13H13Br2NO/c1-8-3-4-10(14)11(7-8)16-9(2)12-5-6-13(15)17-12/h3-7,9,16H,1-2H3. The van der Waals surface area contributed by atoms with Gasteiger partial charge in [0.05, 0.1) is 6.04 Å². The Bertz CT molecular complexity index is 522. The summed E-state index contributed by atoms with van der Waals surface area (Å²) in [6.07, 6.45) is 0. The van der Waals surface area contributed by atoms with Crippen molar-refractivity contribution < 1.29 is 4.42 Å². The molecule has 0 aliphatic carbocycles. The van der Waals surface area contributed by atoms with Gasteiger partial charge in [0.1, 0.15) is 5.76 Å². The highest BCUT2D eigenvalue weighted by molar-refractivity contribution is 9.10. The van der Waals surface area contributed by atoms with Gasteiger partial charge in [-0.25, -0.2) is 0 Å². The minimum atomic E-state index is 0.124. The number of aryl methyl sites for hydroxylation is 1. The Morgan fingerprint density at radius 3 is 2.59 bits per heavy atom. The topological polar surface area (TPSA) is 25.2 Å². The van der Waals surface area contributed by atoms with Crippen molar-refractivity contribution in [2.45, 2.75) is 19.9 Å².